The van der Waals surface area contributed by atoms with E-state index in [-0.39, 0.29) is 29.2 Å². The zero-order chi connectivity index (χ0) is 21.0. The van der Waals surface area contributed by atoms with Crippen LogP contribution in [0.2, 0.25) is 5.02 Å². The van der Waals surface area contributed by atoms with Gasteiger partial charge in [0.05, 0.1) is 17.0 Å². The number of benzene rings is 2. The molecule has 6 nitrogen and oxygen atoms in total. The fourth-order valence-corrected chi connectivity index (χ4v) is 3.91. The smallest absolute Gasteiger partial charge is 0.263 e. The van der Waals surface area contributed by atoms with Gasteiger partial charge in [0.15, 0.2) is 18.1 Å². The normalized spacial score (nSPS) is 14.7. The highest BCUT2D eigenvalue weighted by atomic mass is 35.5. The van der Waals surface area contributed by atoms with E-state index in [2.05, 4.69) is 10.6 Å². The molecule has 1 heterocycles. The van der Waals surface area contributed by atoms with E-state index in [1.54, 1.807) is 24.3 Å². The van der Waals surface area contributed by atoms with Crippen molar-refractivity contribution < 1.29 is 19.1 Å². The minimum atomic E-state index is -0.326. The first kappa shape index (κ1) is 21.2. The summed E-state index contributed by atoms with van der Waals surface area (Å²) >= 11 is 12.5. The Morgan fingerprint density at radius 2 is 2.14 bits per heavy atom. The molecule has 0 bridgehead atoms. The van der Waals surface area contributed by atoms with Crippen molar-refractivity contribution in [3.63, 3.8) is 0 Å². The average molecular weight is 449 g/mol. The minimum absolute atomic E-state index is 0.239. The van der Waals surface area contributed by atoms with Crippen LogP contribution in [0.5, 0.6) is 11.5 Å². The maximum absolute atomic E-state index is 12.2. The molecule has 0 aromatic heterocycles. The molecule has 0 saturated carbocycles. The van der Waals surface area contributed by atoms with Crippen molar-refractivity contribution >= 4 is 63.5 Å². The third-order valence-electron chi connectivity index (χ3n) is 3.84. The molecule has 0 radical (unpaired) electrons. The van der Waals surface area contributed by atoms with Gasteiger partial charge in [0.25, 0.3) is 11.8 Å². The summed E-state index contributed by atoms with van der Waals surface area (Å²) in [5.74, 6) is 0.00383. The third kappa shape index (κ3) is 5.50. The van der Waals surface area contributed by atoms with Crippen LogP contribution >= 0.6 is 35.6 Å². The highest BCUT2D eigenvalue weighted by molar-refractivity contribution is 8.26. The number of rotatable bonds is 6. The van der Waals surface area contributed by atoms with E-state index >= 15 is 0 Å². The summed E-state index contributed by atoms with van der Waals surface area (Å²) in [4.78, 5) is 24.5. The van der Waals surface area contributed by atoms with E-state index in [1.165, 1.54) is 18.9 Å². The predicted molar refractivity (Wildman–Crippen MR) is 120 cm³/mol. The maximum atomic E-state index is 12.2. The number of thiocarbonyl (C=S) groups is 1. The molecular weight excluding hydrogens is 432 g/mol. The number of anilines is 1. The van der Waals surface area contributed by atoms with Crippen LogP contribution in [0, 0.1) is 6.92 Å². The lowest BCUT2D eigenvalue weighted by molar-refractivity contribution is -0.118. The van der Waals surface area contributed by atoms with Crippen molar-refractivity contribution in [2.24, 2.45) is 0 Å². The minimum Gasteiger partial charge on any atom is -0.493 e. The molecule has 2 aromatic rings. The highest BCUT2D eigenvalue weighted by Crippen LogP contribution is 2.38. The van der Waals surface area contributed by atoms with Crippen LogP contribution in [-0.4, -0.2) is 29.9 Å². The van der Waals surface area contributed by atoms with Gasteiger partial charge in [0, 0.05) is 5.69 Å². The van der Waals surface area contributed by atoms with Crippen LogP contribution in [0.25, 0.3) is 6.08 Å². The van der Waals surface area contributed by atoms with Gasteiger partial charge in [-0.2, -0.15) is 0 Å². The number of aryl methyl sites for hydroxylation is 1. The number of carbonyl (C=O) groups is 2. The van der Waals surface area contributed by atoms with E-state index in [1.807, 2.05) is 25.1 Å². The summed E-state index contributed by atoms with van der Waals surface area (Å²) in [6, 6.07) is 10.7. The number of hydrogen-bond acceptors (Lipinski definition) is 6. The molecule has 1 aliphatic heterocycles. The van der Waals surface area contributed by atoms with Crippen LogP contribution in [-0.2, 0) is 9.59 Å². The Hall–Kier alpha value is -2.55. The van der Waals surface area contributed by atoms with Crippen molar-refractivity contribution in [1.82, 2.24) is 5.32 Å². The molecule has 2 aromatic carbocycles. The van der Waals surface area contributed by atoms with Crippen LogP contribution in [0.4, 0.5) is 5.69 Å². The summed E-state index contributed by atoms with van der Waals surface area (Å²) in [5.41, 5.74) is 2.36. The Labute approximate surface area is 182 Å². The quantitative estimate of drug-likeness (QED) is 0.510. The van der Waals surface area contributed by atoms with Crippen molar-refractivity contribution in [3.05, 3.63) is 57.5 Å². The van der Waals surface area contributed by atoms with E-state index in [9.17, 15) is 9.59 Å². The number of ether oxygens (including phenoxy) is 2. The topological polar surface area (TPSA) is 76.7 Å². The molecule has 1 aliphatic rings. The van der Waals surface area contributed by atoms with Crippen LogP contribution in [0.1, 0.15) is 11.1 Å². The van der Waals surface area contributed by atoms with Gasteiger partial charge in [-0.05, 0) is 48.4 Å². The maximum Gasteiger partial charge on any atom is 0.263 e. The zero-order valence-electron chi connectivity index (χ0n) is 15.6. The van der Waals surface area contributed by atoms with E-state index < -0.39 is 0 Å². The molecule has 2 N–H and O–H groups in total. The number of nitrogens with one attached hydrogen (secondary N) is 2. The standard InChI is InChI=1S/C20H17ClN2O4S2/c1-11-4-3-5-13(6-11)22-17(24)10-27-18-14(21)7-12(8-15(18)26-2)9-16-19(25)23-20(28)29-16/h3-9H,10H2,1-2H3,(H,22,24)(H,23,25,28)/b16-9-. The molecule has 1 fully saturated rings. The SMILES string of the molecule is COc1cc(/C=C2\SC(=S)NC2=O)cc(Cl)c1OCC(=O)Nc1cccc(C)c1. The third-order valence-corrected chi connectivity index (χ3v) is 5.28. The molecule has 2 amide bonds. The second kappa shape index (κ2) is 9.30. The summed E-state index contributed by atoms with van der Waals surface area (Å²) in [6.07, 6.45) is 1.65. The Morgan fingerprint density at radius 1 is 1.34 bits per heavy atom. The van der Waals surface area contributed by atoms with Crippen molar-refractivity contribution in [2.45, 2.75) is 6.92 Å². The number of hydrogen-bond donors (Lipinski definition) is 2. The van der Waals surface area contributed by atoms with Gasteiger partial charge < -0.3 is 20.1 Å². The lowest BCUT2D eigenvalue weighted by Gasteiger charge is -2.13. The van der Waals surface area contributed by atoms with Gasteiger partial charge >= 0.3 is 0 Å². The van der Waals surface area contributed by atoms with Gasteiger partial charge in [-0.1, -0.05) is 47.7 Å². The lowest BCUT2D eigenvalue weighted by Crippen LogP contribution is -2.20. The summed E-state index contributed by atoms with van der Waals surface area (Å²) in [7, 11) is 1.47. The molecule has 0 unspecified atom stereocenters. The van der Waals surface area contributed by atoms with Gasteiger partial charge in [-0.15, -0.1) is 0 Å². The van der Waals surface area contributed by atoms with Crippen molar-refractivity contribution in [1.29, 1.82) is 0 Å². The Morgan fingerprint density at radius 3 is 2.79 bits per heavy atom. The number of thioether (sulfide) groups is 1. The Bertz CT molecular complexity index is 1020. The molecule has 0 spiro atoms. The van der Waals surface area contributed by atoms with Gasteiger partial charge in [0.1, 0.15) is 4.32 Å². The molecular formula is C20H17ClN2O4S2. The van der Waals surface area contributed by atoms with Crippen molar-refractivity contribution in [2.75, 3.05) is 19.0 Å². The first-order chi connectivity index (χ1) is 13.9. The van der Waals surface area contributed by atoms with Gasteiger partial charge in [-0.3, -0.25) is 9.59 Å². The highest BCUT2D eigenvalue weighted by Gasteiger charge is 2.22. The van der Waals surface area contributed by atoms with Gasteiger partial charge in [0.2, 0.25) is 0 Å². The van der Waals surface area contributed by atoms with Crippen LogP contribution in [0.3, 0.4) is 0 Å². The number of methoxy groups -OCH3 is 1. The average Bonchev–Trinajstić information content (AvgIpc) is 2.97. The molecule has 3 rings (SSSR count). The van der Waals surface area contributed by atoms with E-state index in [4.69, 9.17) is 33.3 Å². The lowest BCUT2D eigenvalue weighted by atomic mass is 10.2. The zero-order valence-corrected chi connectivity index (χ0v) is 18.0. The number of carbonyl (C=O) groups excluding carboxylic acids is 2. The molecule has 29 heavy (non-hydrogen) atoms. The Balaban J connectivity index is 1.72. The molecule has 0 aliphatic carbocycles. The summed E-state index contributed by atoms with van der Waals surface area (Å²) in [6.45, 7) is 1.70. The first-order valence-corrected chi connectivity index (χ1v) is 10.1. The number of amides is 2. The van der Waals surface area contributed by atoms with E-state index in [0.29, 0.717) is 26.2 Å². The Kier molecular flexibility index (Phi) is 6.79. The fourth-order valence-electron chi connectivity index (χ4n) is 2.59. The second-order valence-corrected chi connectivity index (χ2v) is 8.22. The number of halogens is 1. The molecule has 1 saturated heterocycles. The molecule has 150 valence electrons. The first-order valence-electron chi connectivity index (χ1n) is 8.47. The van der Waals surface area contributed by atoms with Crippen molar-refractivity contribution in [3.8, 4) is 11.5 Å². The molecule has 0 atom stereocenters. The summed E-state index contributed by atoms with van der Waals surface area (Å²) in [5, 5.41) is 5.57. The van der Waals surface area contributed by atoms with Crippen LogP contribution in [0.15, 0.2) is 41.3 Å². The fraction of sp³-hybridized carbons (Fsp3) is 0.150. The summed E-state index contributed by atoms with van der Waals surface area (Å²) < 4.78 is 11.3. The molecule has 9 heteroatoms. The predicted octanol–water partition coefficient (Wildman–Crippen LogP) is 4.16. The monoisotopic (exact) mass is 448 g/mol. The largest absolute Gasteiger partial charge is 0.493 e. The van der Waals surface area contributed by atoms with Crippen LogP contribution < -0.4 is 20.1 Å². The van der Waals surface area contributed by atoms with Gasteiger partial charge in [-0.25, -0.2) is 0 Å². The van der Waals surface area contributed by atoms with E-state index in [0.717, 1.165) is 5.56 Å². The second-order valence-electron chi connectivity index (χ2n) is 6.09.